The number of rotatable bonds is 6. The minimum atomic E-state index is -4.58. The third kappa shape index (κ3) is 4.90. The summed E-state index contributed by atoms with van der Waals surface area (Å²) in [6, 6.07) is -2.00. The summed E-state index contributed by atoms with van der Waals surface area (Å²) in [5.41, 5.74) is -0.0362. The number of halogens is 6. The van der Waals surface area contributed by atoms with Gasteiger partial charge < -0.3 is 15.7 Å². The Kier molecular flexibility index (Phi) is 5.93. The summed E-state index contributed by atoms with van der Waals surface area (Å²) in [5.74, 6) is -5.57. The topological polar surface area (TPSA) is 83.0 Å². The van der Waals surface area contributed by atoms with Gasteiger partial charge in [-0.25, -0.2) is 13.2 Å². The normalized spacial score (nSPS) is 25.4. The molecule has 1 saturated carbocycles. The molecule has 3 rings (SSSR count). The van der Waals surface area contributed by atoms with E-state index in [4.69, 9.17) is 0 Å². The predicted molar refractivity (Wildman–Crippen MR) is 93.0 cm³/mol. The number of nitrogens with zero attached hydrogens (tertiary/aromatic N) is 3. The maximum atomic E-state index is 14.3. The molecule has 0 amide bonds. The Hall–Kier alpha value is -2.11. The molecule has 0 spiro atoms. The highest BCUT2D eigenvalue weighted by molar-refractivity contribution is 5.65. The fourth-order valence-corrected chi connectivity index (χ4v) is 3.10. The average Bonchev–Trinajstić information content (AvgIpc) is 2.62. The van der Waals surface area contributed by atoms with E-state index in [0.29, 0.717) is 12.8 Å². The number of aromatic nitrogens is 3. The van der Waals surface area contributed by atoms with Gasteiger partial charge in [0.2, 0.25) is 11.9 Å². The van der Waals surface area contributed by atoms with E-state index in [1.165, 1.54) is 0 Å². The van der Waals surface area contributed by atoms with Gasteiger partial charge in [0.05, 0.1) is 0 Å². The Morgan fingerprint density at radius 1 is 1.17 bits per heavy atom. The van der Waals surface area contributed by atoms with E-state index in [1.54, 1.807) is 0 Å². The zero-order valence-electron chi connectivity index (χ0n) is 15.5. The number of hydrogen-bond acceptors (Lipinski definition) is 6. The van der Waals surface area contributed by atoms with E-state index in [1.807, 2.05) is 0 Å². The Balaban J connectivity index is 1.88. The zero-order valence-corrected chi connectivity index (χ0v) is 15.5. The largest absolute Gasteiger partial charge is 0.408 e. The number of aliphatic hydroxyl groups excluding tert-OH is 1. The third-order valence-electron chi connectivity index (χ3n) is 5.16. The summed E-state index contributed by atoms with van der Waals surface area (Å²) < 4.78 is 79.8. The van der Waals surface area contributed by atoms with Crippen molar-refractivity contribution in [2.75, 3.05) is 17.2 Å². The molecule has 6 nitrogen and oxygen atoms in total. The lowest BCUT2D eigenvalue weighted by atomic mass is 9.81. The number of nitrogens with one attached hydrogen (secondary N) is 2. The lowest BCUT2D eigenvalue weighted by molar-refractivity contribution is -0.138. The molecule has 0 aliphatic heterocycles. The molecule has 0 aromatic carbocycles. The molecule has 2 unspecified atom stereocenters. The van der Waals surface area contributed by atoms with Crippen molar-refractivity contribution >= 4 is 17.5 Å². The molecule has 3 atom stereocenters. The van der Waals surface area contributed by atoms with Crippen molar-refractivity contribution < 1.29 is 31.4 Å². The van der Waals surface area contributed by atoms with E-state index in [-0.39, 0.29) is 43.2 Å². The van der Waals surface area contributed by atoms with Crippen molar-refractivity contribution in [1.29, 1.82) is 0 Å². The Bertz CT molecular complexity index is 784. The molecule has 2 aliphatic carbocycles. The van der Waals surface area contributed by atoms with Crippen LogP contribution in [0.1, 0.15) is 44.9 Å². The first kappa shape index (κ1) is 21.6. The fraction of sp³-hybridized carbons (Fsp3) is 0.706. The Morgan fingerprint density at radius 2 is 1.86 bits per heavy atom. The van der Waals surface area contributed by atoms with Crippen LogP contribution < -0.4 is 10.6 Å². The summed E-state index contributed by atoms with van der Waals surface area (Å²) in [4.78, 5) is 11.6. The van der Waals surface area contributed by atoms with Crippen molar-refractivity contribution in [3.8, 4) is 0 Å². The summed E-state index contributed by atoms with van der Waals surface area (Å²) in [6.45, 7) is 0.671. The zero-order chi connectivity index (χ0) is 21.4. The van der Waals surface area contributed by atoms with Crippen LogP contribution >= 0.6 is 0 Å². The van der Waals surface area contributed by atoms with Crippen molar-refractivity contribution in [1.82, 2.24) is 15.0 Å². The van der Waals surface area contributed by atoms with Crippen molar-refractivity contribution in [3.05, 3.63) is 11.7 Å². The molecular weight excluding hydrogens is 404 g/mol. The third-order valence-corrected chi connectivity index (χ3v) is 5.16. The lowest BCUT2D eigenvalue weighted by Crippen LogP contribution is -2.43. The minimum absolute atomic E-state index is 0.0362. The smallest absolute Gasteiger partial charge is 0.386 e. The highest BCUT2D eigenvalue weighted by atomic mass is 19.4. The molecule has 0 bridgehead atoms. The van der Waals surface area contributed by atoms with Crippen LogP contribution in [0.4, 0.5) is 38.2 Å². The molecule has 12 heteroatoms. The van der Waals surface area contributed by atoms with Crippen LogP contribution in [0.5, 0.6) is 0 Å². The van der Waals surface area contributed by atoms with Crippen LogP contribution in [0.15, 0.2) is 5.83 Å². The number of hydrogen-bond donors (Lipinski definition) is 3. The second-order valence-electron chi connectivity index (χ2n) is 7.33. The summed E-state index contributed by atoms with van der Waals surface area (Å²) in [5, 5.41) is 14.4. The molecule has 1 aromatic rings. The van der Waals surface area contributed by atoms with E-state index < -0.39 is 41.9 Å². The lowest BCUT2D eigenvalue weighted by Gasteiger charge is -2.36. The number of alkyl halides is 5. The molecule has 2 aliphatic rings. The summed E-state index contributed by atoms with van der Waals surface area (Å²) in [7, 11) is 0. The quantitative estimate of drug-likeness (QED) is 0.600. The molecule has 1 heterocycles. The molecular formula is C17H21F6N5O. The number of allylic oxidation sites excluding steroid dienone is 1. The predicted octanol–water partition coefficient (Wildman–Crippen LogP) is 3.92. The minimum Gasteiger partial charge on any atom is -0.386 e. The summed E-state index contributed by atoms with van der Waals surface area (Å²) in [6.07, 6.45) is -5.03. The number of anilines is 2. The molecule has 1 aromatic heterocycles. The van der Waals surface area contributed by atoms with Crippen LogP contribution in [0.25, 0.3) is 5.57 Å². The van der Waals surface area contributed by atoms with E-state index in [0.717, 1.165) is 6.92 Å². The maximum absolute atomic E-state index is 14.3. The van der Waals surface area contributed by atoms with Gasteiger partial charge in [0.1, 0.15) is 18.0 Å². The Labute approximate surface area is 162 Å². The van der Waals surface area contributed by atoms with E-state index in [2.05, 4.69) is 25.6 Å². The standard InChI is InChI=1S/C17H21F6N5O/c1-8(17(21,22)23)25-15-27-13(10-3-2-4-11(29)12(10)18)26-14(28-15)24-7-9-5-6-16(9,19)20/h8-9,11,29H,2-7H2,1H3,(H2,24,25,26,27,28)/t8-,9?,11?/m1/s1. The van der Waals surface area contributed by atoms with Crippen molar-refractivity contribution in [2.24, 2.45) is 5.92 Å². The highest BCUT2D eigenvalue weighted by Crippen LogP contribution is 2.43. The first-order chi connectivity index (χ1) is 13.5. The van der Waals surface area contributed by atoms with Gasteiger partial charge in [0, 0.05) is 24.5 Å². The summed E-state index contributed by atoms with van der Waals surface area (Å²) >= 11 is 0. The molecule has 29 heavy (non-hydrogen) atoms. The number of aliphatic hydroxyl groups is 1. The van der Waals surface area contributed by atoms with Gasteiger partial charge in [-0.1, -0.05) is 0 Å². The van der Waals surface area contributed by atoms with Crippen LogP contribution in [0, 0.1) is 5.92 Å². The van der Waals surface area contributed by atoms with E-state index in [9.17, 15) is 31.4 Å². The van der Waals surface area contributed by atoms with Crippen LogP contribution in [0.3, 0.4) is 0 Å². The molecule has 162 valence electrons. The molecule has 3 N–H and O–H groups in total. The molecule has 0 radical (unpaired) electrons. The first-order valence-corrected chi connectivity index (χ1v) is 9.25. The van der Waals surface area contributed by atoms with Gasteiger partial charge in [0.15, 0.2) is 5.82 Å². The van der Waals surface area contributed by atoms with Gasteiger partial charge in [-0.15, -0.1) is 0 Å². The molecule has 1 fully saturated rings. The van der Waals surface area contributed by atoms with Gasteiger partial charge in [-0.3, -0.25) is 0 Å². The van der Waals surface area contributed by atoms with Gasteiger partial charge >= 0.3 is 6.18 Å². The monoisotopic (exact) mass is 425 g/mol. The van der Waals surface area contributed by atoms with Crippen molar-refractivity contribution in [2.45, 2.75) is 63.3 Å². The van der Waals surface area contributed by atoms with E-state index >= 15 is 0 Å². The highest BCUT2D eigenvalue weighted by Gasteiger charge is 2.47. The van der Waals surface area contributed by atoms with Gasteiger partial charge in [-0.05, 0) is 32.6 Å². The Morgan fingerprint density at radius 3 is 2.45 bits per heavy atom. The van der Waals surface area contributed by atoms with Crippen LogP contribution in [-0.4, -0.2) is 50.8 Å². The second kappa shape index (κ2) is 7.96. The second-order valence-corrected chi connectivity index (χ2v) is 7.33. The fourth-order valence-electron chi connectivity index (χ4n) is 3.10. The average molecular weight is 425 g/mol. The van der Waals surface area contributed by atoms with Crippen molar-refractivity contribution in [3.63, 3.8) is 0 Å². The van der Waals surface area contributed by atoms with Gasteiger partial charge in [0.25, 0.3) is 5.92 Å². The van der Waals surface area contributed by atoms with Crippen LogP contribution in [0.2, 0.25) is 0 Å². The van der Waals surface area contributed by atoms with Crippen LogP contribution in [-0.2, 0) is 0 Å². The molecule has 0 saturated heterocycles. The maximum Gasteiger partial charge on any atom is 0.408 e. The first-order valence-electron chi connectivity index (χ1n) is 9.25. The SMILES string of the molecule is C[C@@H](Nc1nc(NCC2CCC2(F)F)nc(C2=C(F)C(O)CCC2)n1)C(F)(F)F. The van der Waals surface area contributed by atoms with Gasteiger partial charge in [-0.2, -0.15) is 28.1 Å².